The van der Waals surface area contributed by atoms with Crippen molar-refractivity contribution in [3.8, 4) is 5.75 Å². The summed E-state index contributed by atoms with van der Waals surface area (Å²) >= 11 is 3.27. The SMILES string of the molecule is FC(F)(F)Oc1ccc(Br)c(NC2CC2)c1. The van der Waals surface area contributed by atoms with E-state index >= 15 is 0 Å². The smallest absolute Gasteiger partial charge is 0.406 e. The molecule has 0 saturated heterocycles. The molecule has 0 aliphatic heterocycles. The van der Waals surface area contributed by atoms with E-state index in [0.29, 0.717) is 11.7 Å². The Labute approximate surface area is 98.9 Å². The number of benzene rings is 1. The number of nitrogens with one attached hydrogen (secondary N) is 1. The molecule has 2 nitrogen and oxygen atoms in total. The van der Waals surface area contributed by atoms with Crippen LogP contribution in [-0.4, -0.2) is 12.4 Å². The van der Waals surface area contributed by atoms with Gasteiger partial charge in [0.05, 0.1) is 5.69 Å². The molecule has 2 rings (SSSR count). The van der Waals surface area contributed by atoms with Gasteiger partial charge in [0.2, 0.25) is 0 Å². The molecule has 1 N–H and O–H groups in total. The highest BCUT2D eigenvalue weighted by Gasteiger charge is 2.31. The minimum atomic E-state index is -4.65. The van der Waals surface area contributed by atoms with Gasteiger partial charge in [-0.1, -0.05) is 0 Å². The normalized spacial score (nSPS) is 16.0. The van der Waals surface area contributed by atoms with Gasteiger partial charge in [0.25, 0.3) is 0 Å². The molecule has 0 unspecified atom stereocenters. The monoisotopic (exact) mass is 295 g/mol. The fraction of sp³-hybridized carbons (Fsp3) is 0.400. The van der Waals surface area contributed by atoms with Crippen LogP contribution in [0.2, 0.25) is 0 Å². The number of ether oxygens (including phenoxy) is 1. The number of rotatable bonds is 3. The summed E-state index contributed by atoms with van der Waals surface area (Å²) in [7, 11) is 0. The number of alkyl halides is 3. The highest BCUT2D eigenvalue weighted by molar-refractivity contribution is 9.10. The van der Waals surface area contributed by atoms with Crippen LogP contribution in [0.25, 0.3) is 0 Å². The maximum atomic E-state index is 12.0. The van der Waals surface area contributed by atoms with Crippen LogP contribution in [0.1, 0.15) is 12.8 Å². The molecule has 16 heavy (non-hydrogen) atoms. The minimum Gasteiger partial charge on any atom is -0.406 e. The van der Waals surface area contributed by atoms with E-state index in [0.717, 1.165) is 17.3 Å². The molecule has 0 heterocycles. The van der Waals surface area contributed by atoms with Crippen LogP contribution in [0.15, 0.2) is 22.7 Å². The molecule has 6 heteroatoms. The van der Waals surface area contributed by atoms with Crippen LogP contribution in [-0.2, 0) is 0 Å². The quantitative estimate of drug-likeness (QED) is 0.912. The van der Waals surface area contributed by atoms with Gasteiger partial charge in [-0.25, -0.2) is 0 Å². The molecule has 1 aliphatic carbocycles. The predicted octanol–water partition coefficient (Wildman–Crippen LogP) is 3.92. The fourth-order valence-corrected chi connectivity index (χ4v) is 1.62. The maximum Gasteiger partial charge on any atom is 0.573 e. The highest BCUT2D eigenvalue weighted by atomic mass is 79.9. The van der Waals surface area contributed by atoms with Gasteiger partial charge in [-0.2, -0.15) is 0 Å². The van der Waals surface area contributed by atoms with E-state index in [-0.39, 0.29) is 5.75 Å². The Kier molecular flexibility index (Phi) is 3.01. The number of hydrogen-bond donors (Lipinski definition) is 1. The van der Waals surface area contributed by atoms with Crippen LogP contribution in [0, 0.1) is 0 Å². The van der Waals surface area contributed by atoms with E-state index in [9.17, 15) is 13.2 Å². The lowest BCUT2D eigenvalue weighted by Gasteiger charge is -2.12. The van der Waals surface area contributed by atoms with E-state index < -0.39 is 6.36 Å². The van der Waals surface area contributed by atoms with Crippen LogP contribution >= 0.6 is 15.9 Å². The molecular weight excluding hydrogens is 287 g/mol. The second-order valence-corrected chi connectivity index (χ2v) is 4.46. The minimum absolute atomic E-state index is 0.209. The lowest BCUT2D eigenvalue weighted by Crippen LogP contribution is -2.17. The average Bonchev–Trinajstić information content (AvgIpc) is 2.92. The highest BCUT2D eigenvalue weighted by Crippen LogP contribution is 2.33. The van der Waals surface area contributed by atoms with Crippen molar-refractivity contribution in [2.24, 2.45) is 0 Å². The van der Waals surface area contributed by atoms with Crippen molar-refractivity contribution in [2.45, 2.75) is 25.2 Å². The summed E-state index contributed by atoms with van der Waals surface area (Å²) in [6, 6.07) is 4.52. The topological polar surface area (TPSA) is 21.3 Å². The first-order valence-electron chi connectivity index (χ1n) is 4.76. The Morgan fingerprint density at radius 1 is 1.31 bits per heavy atom. The summed E-state index contributed by atoms with van der Waals surface area (Å²) in [5.74, 6) is -0.209. The Hall–Kier alpha value is -0.910. The zero-order valence-electron chi connectivity index (χ0n) is 8.14. The molecule has 1 aliphatic rings. The van der Waals surface area contributed by atoms with Gasteiger partial charge in [0, 0.05) is 16.6 Å². The van der Waals surface area contributed by atoms with Crippen LogP contribution in [0.5, 0.6) is 5.75 Å². The van der Waals surface area contributed by atoms with Crippen LogP contribution < -0.4 is 10.1 Å². The Balaban J connectivity index is 2.14. The Bertz CT molecular complexity index is 390. The second-order valence-electron chi connectivity index (χ2n) is 3.61. The molecule has 0 amide bonds. The summed E-state index contributed by atoms with van der Waals surface area (Å²) in [6.07, 6.45) is -2.54. The van der Waals surface area contributed by atoms with E-state index in [2.05, 4.69) is 26.0 Å². The van der Waals surface area contributed by atoms with Crippen molar-refractivity contribution in [2.75, 3.05) is 5.32 Å². The van der Waals surface area contributed by atoms with Crippen LogP contribution in [0.4, 0.5) is 18.9 Å². The number of hydrogen-bond acceptors (Lipinski definition) is 2. The summed E-state index contributed by atoms with van der Waals surface area (Å²) in [5, 5.41) is 3.12. The van der Waals surface area contributed by atoms with Gasteiger partial charge in [0.1, 0.15) is 5.75 Å². The molecule has 1 aromatic carbocycles. The van der Waals surface area contributed by atoms with Crippen molar-refractivity contribution in [3.05, 3.63) is 22.7 Å². The summed E-state index contributed by atoms with van der Waals surface area (Å²) in [5.41, 5.74) is 0.629. The molecule has 0 spiro atoms. The third-order valence-corrected chi connectivity index (χ3v) is 2.80. The molecule has 0 atom stereocenters. The van der Waals surface area contributed by atoms with Gasteiger partial charge < -0.3 is 10.1 Å². The molecule has 1 fully saturated rings. The number of halogens is 4. The molecule has 88 valence electrons. The third-order valence-electron chi connectivity index (χ3n) is 2.11. The first kappa shape index (κ1) is 11.6. The zero-order chi connectivity index (χ0) is 11.8. The fourth-order valence-electron chi connectivity index (χ4n) is 1.26. The average molecular weight is 296 g/mol. The lowest BCUT2D eigenvalue weighted by molar-refractivity contribution is -0.274. The van der Waals surface area contributed by atoms with Crippen molar-refractivity contribution >= 4 is 21.6 Å². The molecule has 0 radical (unpaired) electrons. The summed E-state index contributed by atoms with van der Waals surface area (Å²) < 4.78 is 40.6. The zero-order valence-corrected chi connectivity index (χ0v) is 9.73. The Morgan fingerprint density at radius 2 is 2.00 bits per heavy atom. The number of anilines is 1. The van der Waals surface area contributed by atoms with Crippen molar-refractivity contribution in [3.63, 3.8) is 0 Å². The van der Waals surface area contributed by atoms with E-state index in [1.54, 1.807) is 0 Å². The third kappa shape index (κ3) is 3.30. The molecule has 1 aromatic rings. The summed E-state index contributed by atoms with van der Waals surface area (Å²) in [6.45, 7) is 0. The predicted molar refractivity (Wildman–Crippen MR) is 57.5 cm³/mol. The molecule has 1 saturated carbocycles. The largest absolute Gasteiger partial charge is 0.573 e. The maximum absolute atomic E-state index is 12.0. The standard InChI is InChI=1S/C10H9BrF3NO/c11-8-4-3-7(16-10(12,13)14)5-9(8)15-6-1-2-6/h3-6,15H,1-2H2. The van der Waals surface area contributed by atoms with Gasteiger partial charge in [0.15, 0.2) is 0 Å². The van der Waals surface area contributed by atoms with E-state index in [1.807, 2.05) is 0 Å². The second kappa shape index (κ2) is 4.16. The van der Waals surface area contributed by atoms with Crippen molar-refractivity contribution in [1.29, 1.82) is 0 Å². The molecular formula is C10H9BrF3NO. The van der Waals surface area contributed by atoms with E-state index in [4.69, 9.17) is 0 Å². The van der Waals surface area contributed by atoms with Gasteiger partial charge in [-0.05, 0) is 40.9 Å². The van der Waals surface area contributed by atoms with Gasteiger partial charge in [-0.3, -0.25) is 0 Å². The van der Waals surface area contributed by atoms with E-state index in [1.165, 1.54) is 18.2 Å². The van der Waals surface area contributed by atoms with Crippen molar-refractivity contribution < 1.29 is 17.9 Å². The molecule has 0 aromatic heterocycles. The van der Waals surface area contributed by atoms with Gasteiger partial charge in [-0.15, -0.1) is 13.2 Å². The van der Waals surface area contributed by atoms with Crippen LogP contribution in [0.3, 0.4) is 0 Å². The molecule has 0 bridgehead atoms. The first-order valence-corrected chi connectivity index (χ1v) is 5.55. The lowest BCUT2D eigenvalue weighted by atomic mass is 10.3. The van der Waals surface area contributed by atoms with Crippen molar-refractivity contribution in [1.82, 2.24) is 0 Å². The van der Waals surface area contributed by atoms with Gasteiger partial charge >= 0.3 is 6.36 Å². The first-order chi connectivity index (χ1) is 7.44. The Morgan fingerprint density at radius 3 is 2.56 bits per heavy atom. The summed E-state index contributed by atoms with van der Waals surface area (Å²) in [4.78, 5) is 0.